The minimum absolute atomic E-state index is 0.480. The lowest BCUT2D eigenvalue weighted by atomic mass is 10.1. The maximum atomic E-state index is 12.8. The average Bonchev–Trinajstić information content (AvgIpc) is 2.85. The van der Waals surface area contributed by atoms with Crippen LogP contribution in [0.25, 0.3) is 21.5 Å². The van der Waals surface area contributed by atoms with E-state index in [0.717, 1.165) is 12.1 Å². The Morgan fingerprint density at radius 3 is 1.09 bits per heavy atom. The number of hydrogen-bond acceptors (Lipinski definition) is 12. The van der Waals surface area contributed by atoms with Crippen LogP contribution in [0.15, 0.2) is 68.1 Å². The zero-order valence-electron chi connectivity index (χ0n) is 21.0. The Morgan fingerprint density at radius 1 is 0.500 bits per heavy atom. The molecule has 0 heterocycles. The summed E-state index contributed by atoms with van der Waals surface area (Å²) in [4.78, 5) is 21.7. The van der Waals surface area contributed by atoms with Gasteiger partial charge in [0.25, 0.3) is 40.5 Å². The fraction of sp³-hybridized carbons (Fsp3) is 0. The number of aromatic hydroxyl groups is 2. The highest BCUT2D eigenvalue weighted by atomic mass is 32.2. The van der Waals surface area contributed by atoms with E-state index in [1.807, 2.05) is 10.6 Å². The molecule has 44 heavy (non-hydrogen) atoms. The second-order valence-corrected chi connectivity index (χ2v) is 14.4. The lowest BCUT2D eigenvalue weighted by molar-refractivity contribution is -0.132. The van der Waals surface area contributed by atoms with Crippen molar-refractivity contribution in [2.45, 2.75) is 19.6 Å². The molecule has 18 nitrogen and oxygen atoms in total. The number of carbonyl (C=O) groups excluding carboxylic acids is 2. The molecular formula is C22H16N2O16S4. The van der Waals surface area contributed by atoms with Crippen molar-refractivity contribution in [3.8, 4) is 11.5 Å². The first-order valence-corrected chi connectivity index (χ1v) is 16.9. The molecule has 0 bridgehead atoms. The van der Waals surface area contributed by atoms with Gasteiger partial charge in [-0.25, -0.2) is 0 Å². The molecule has 0 aromatic heterocycles. The minimum atomic E-state index is -5.08. The Hall–Kier alpha value is -4.42. The Labute approximate surface area is 246 Å². The summed E-state index contributed by atoms with van der Waals surface area (Å²) in [5.74, 6) is -5.18. The van der Waals surface area contributed by atoms with Crippen molar-refractivity contribution >= 4 is 85.2 Å². The van der Waals surface area contributed by atoms with Crippen molar-refractivity contribution in [3.05, 3.63) is 48.5 Å². The van der Waals surface area contributed by atoms with E-state index in [0.29, 0.717) is 36.4 Å². The molecule has 0 aliphatic carbocycles. The van der Waals surface area contributed by atoms with Gasteiger partial charge in [-0.15, -0.1) is 0 Å². The zero-order chi connectivity index (χ0) is 33.2. The van der Waals surface area contributed by atoms with Gasteiger partial charge in [-0.05, 0) is 36.4 Å². The van der Waals surface area contributed by atoms with Gasteiger partial charge in [0.1, 0.15) is 21.3 Å². The van der Waals surface area contributed by atoms with Crippen molar-refractivity contribution in [1.82, 2.24) is 0 Å². The van der Waals surface area contributed by atoms with Gasteiger partial charge in [-0.3, -0.25) is 27.8 Å². The first-order chi connectivity index (χ1) is 20.0. The Morgan fingerprint density at radius 2 is 0.818 bits per heavy atom. The number of hydrogen-bond donors (Lipinski definition) is 8. The van der Waals surface area contributed by atoms with Gasteiger partial charge >= 0.3 is 11.8 Å². The van der Waals surface area contributed by atoms with Crippen molar-refractivity contribution in [2.75, 3.05) is 10.6 Å². The average molecular weight is 693 g/mol. The van der Waals surface area contributed by atoms with Crippen molar-refractivity contribution in [1.29, 1.82) is 0 Å². The SMILES string of the molecule is O=C(Nc1ccc(S(=O)(=O)O)c2cc(S(=O)(=O)O)cc(O)c12)C(=O)Nc1ccc(S(=O)(=O)O)c2cc(S(=O)(=O)O)cc(O)c12. The van der Waals surface area contributed by atoms with Crippen molar-refractivity contribution in [2.24, 2.45) is 0 Å². The van der Waals surface area contributed by atoms with Crippen molar-refractivity contribution < 1.29 is 71.7 Å². The van der Waals surface area contributed by atoms with Gasteiger partial charge in [0.2, 0.25) is 0 Å². The predicted octanol–water partition coefficient (Wildman–Crippen LogP) is 0.968. The number of phenols is 2. The molecule has 0 radical (unpaired) electrons. The summed E-state index contributed by atoms with van der Waals surface area (Å²) in [5, 5.41) is 22.2. The third-order valence-electron chi connectivity index (χ3n) is 5.91. The van der Waals surface area contributed by atoms with Gasteiger partial charge in [0, 0.05) is 33.7 Å². The molecule has 0 atom stereocenters. The molecule has 2 amide bonds. The number of anilines is 2. The van der Waals surface area contributed by atoms with Gasteiger partial charge in [0.15, 0.2) is 0 Å². The largest absolute Gasteiger partial charge is 0.507 e. The van der Waals surface area contributed by atoms with E-state index >= 15 is 0 Å². The van der Waals surface area contributed by atoms with E-state index in [2.05, 4.69) is 0 Å². The van der Waals surface area contributed by atoms with Gasteiger partial charge in [0.05, 0.1) is 21.2 Å². The number of amides is 2. The predicted molar refractivity (Wildman–Crippen MR) is 148 cm³/mol. The van der Waals surface area contributed by atoms with E-state index in [-0.39, 0.29) is 0 Å². The summed E-state index contributed by atoms with van der Waals surface area (Å²) >= 11 is 0. The van der Waals surface area contributed by atoms with Gasteiger partial charge in [-0.1, -0.05) is 0 Å². The standard InChI is InChI=1S/C22H16N2O16S4/c25-15-7-9(41(29,30)31)5-11-17(43(35,36)37)3-1-13(19(11)15)23-21(27)22(28)24-14-2-4-18(44(38,39)40)12-6-10(42(32,33)34)8-16(26)20(12)14/h1-8,25-26H,(H,23,27)(H,24,28)(H,29,30,31)(H,32,33,34)(H,35,36,37)(H,38,39,40). The summed E-state index contributed by atoms with van der Waals surface area (Å²) in [6, 6.07) is 5.02. The summed E-state index contributed by atoms with van der Waals surface area (Å²) in [5.41, 5.74) is -1.03. The number of phenolic OH excluding ortho intramolecular Hbond substituents is 2. The second kappa shape index (κ2) is 10.6. The topological polar surface area (TPSA) is 316 Å². The third kappa shape index (κ3) is 6.27. The summed E-state index contributed by atoms with van der Waals surface area (Å²) in [6.07, 6.45) is 0. The Bertz CT molecular complexity index is 2220. The normalized spacial score (nSPS) is 12.7. The molecular weight excluding hydrogens is 677 g/mol. The van der Waals surface area contributed by atoms with Crippen LogP contribution in [0.2, 0.25) is 0 Å². The maximum absolute atomic E-state index is 12.8. The fourth-order valence-electron chi connectivity index (χ4n) is 4.14. The lowest BCUT2D eigenvalue weighted by Crippen LogP contribution is -2.29. The van der Waals surface area contributed by atoms with Crippen LogP contribution < -0.4 is 10.6 Å². The molecule has 4 aromatic carbocycles. The molecule has 0 spiro atoms. The Balaban J connectivity index is 1.81. The quantitative estimate of drug-likeness (QED) is 0.103. The van der Waals surface area contributed by atoms with Crippen LogP contribution in [-0.4, -0.2) is 73.9 Å². The van der Waals surface area contributed by atoms with Crippen molar-refractivity contribution in [3.63, 3.8) is 0 Å². The smallest absolute Gasteiger partial charge is 0.314 e. The first kappa shape index (κ1) is 32.5. The summed E-state index contributed by atoms with van der Waals surface area (Å²) < 4.78 is 131. The summed E-state index contributed by atoms with van der Waals surface area (Å²) in [7, 11) is -20.2. The lowest BCUT2D eigenvalue weighted by Gasteiger charge is -2.15. The number of carbonyl (C=O) groups is 2. The van der Waals surface area contributed by atoms with Crippen LogP contribution in [0.1, 0.15) is 0 Å². The summed E-state index contributed by atoms with van der Waals surface area (Å²) in [6.45, 7) is 0. The molecule has 0 saturated heterocycles. The number of nitrogens with one attached hydrogen (secondary N) is 2. The number of rotatable bonds is 6. The molecule has 0 unspecified atom stereocenters. The monoisotopic (exact) mass is 692 g/mol. The molecule has 0 aliphatic rings. The number of benzene rings is 4. The van der Waals surface area contributed by atoms with Crippen LogP contribution >= 0.6 is 0 Å². The second-order valence-electron chi connectivity index (χ2n) is 8.76. The van der Waals surface area contributed by atoms with Crippen LogP contribution in [0, 0.1) is 0 Å². The molecule has 0 saturated carbocycles. The van der Waals surface area contributed by atoms with E-state index in [9.17, 15) is 71.7 Å². The maximum Gasteiger partial charge on any atom is 0.314 e. The van der Waals surface area contributed by atoms with Crippen LogP contribution in [0.5, 0.6) is 11.5 Å². The highest BCUT2D eigenvalue weighted by molar-refractivity contribution is 7.87. The molecule has 22 heteroatoms. The molecule has 8 N–H and O–H groups in total. The highest BCUT2D eigenvalue weighted by Crippen LogP contribution is 2.39. The zero-order valence-corrected chi connectivity index (χ0v) is 24.3. The molecule has 4 aromatic rings. The first-order valence-electron chi connectivity index (χ1n) is 11.1. The van der Waals surface area contributed by atoms with E-state index in [1.165, 1.54) is 0 Å². The third-order valence-corrected chi connectivity index (χ3v) is 9.40. The van der Waals surface area contributed by atoms with Gasteiger partial charge in [-0.2, -0.15) is 33.7 Å². The Kier molecular flexibility index (Phi) is 7.85. The minimum Gasteiger partial charge on any atom is -0.507 e. The molecule has 0 aliphatic heterocycles. The number of fused-ring (bicyclic) bond motifs is 2. The van der Waals surface area contributed by atoms with Crippen LogP contribution in [0.4, 0.5) is 11.4 Å². The van der Waals surface area contributed by atoms with Crippen LogP contribution in [-0.2, 0) is 50.1 Å². The molecule has 234 valence electrons. The molecule has 4 rings (SSSR count). The van der Waals surface area contributed by atoms with E-state index in [4.69, 9.17) is 0 Å². The van der Waals surface area contributed by atoms with E-state index in [1.54, 1.807) is 0 Å². The van der Waals surface area contributed by atoms with E-state index < -0.39 is 116 Å². The fourth-order valence-corrected chi connectivity index (χ4v) is 6.55. The van der Waals surface area contributed by atoms with Crippen LogP contribution in [0.3, 0.4) is 0 Å². The molecule has 0 fully saturated rings. The highest BCUT2D eigenvalue weighted by Gasteiger charge is 2.26. The van der Waals surface area contributed by atoms with Gasteiger partial charge < -0.3 is 20.8 Å².